The largest absolute Gasteiger partial charge is 0.330 e. The highest BCUT2D eigenvalue weighted by Gasteiger charge is 2.16. The van der Waals surface area contributed by atoms with Crippen molar-refractivity contribution in [3.05, 3.63) is 29.3 Å². The van der Waals surface area contributed by atoms with E-state index in [0.717, 1.165) is 0 Å². The fourth-order valence-electron chi connectivity index (χ4n) is 1.21. The lowest BCUT2D eigenvalue weighted by molar-refractivity contribution is 0.468. The Hall–Kier alpha value is -0.820. The van der Waals surface area contributed by atoms with Gasteiger partial charge in [0.1, 0.15) is 0 Å². The van der Waals surface area contributed by atoms with Crippen LogP contribution in [0.5, 0.6) is 0 Å². The number of benzene rings is 1. The number of rotatable bonds is 6. The van der Waals surface area contributed by atoms with Gasteiger partial charge in [0.05, 0.1) is 5.69 Å². The van der Waals surface area contributed by atoms with Crippen LogP contribution in [0.1, 0.15) is 6.42 Å². The minimum absolute atomic E-state index is 0.381. The maximum Gasteiger partial charge on any atom is 0.301 e. The lowest BCUT2D eigenvalue weighted by Gasteiger charge is -2.17. The second-order valence-electron chi connectivity index (χ2n) is 3.58. The van der Waals surface area contributed by atoms with Crippen LogP contribution >= 0.6 is 11.6 Å². The first-order valence-electron chi connectivity index (χ1n) is 5.15. The van der Waals surface area contributed by atoms with Gasteiger partial charge in [-0.25, -0.2) is 0 Å². The van der Waals surface area contributed by atoms with Crippen LogP contribution in [0.3, 0.4) is 0 Å². The summed E-state index contributed by atoms with van der Waals surface area (Å²) in [5, 5.41) is 0.481. The standard InChI is InChI=1S/C10H16ClN3O2S/c1-14(7-3-6-12)17(15,16)13-10-5-2-4-9(11)8-10/h2,4-5,8,13H,3,6-7,12H2,1H3. The predicted octanol–water partition coefficient (Wildman–Crippen LogP) is 1.28. The second kappa shape index (κ2) is 6.20. The Labute approximate surface area is 107 Å². The van der Waals surface area contributed by atoms with Gasteiger partial charge in [0.15, 0.2) is 0 Å². The lowest BCUT2D eigenvalue weighted by Crippen LogP contribution is -2.34. The maximum atomic E-state index is 11.8. The third kappa shape index (κ3) is 4.51. The summed E-state index contributed by atoms with van der Waals surface area (Å²) < 4.78 is 27.4. The minimum Gasteiger partial charge on any atom is -0.330 e. The fourth-order valence-corrected chi connectivity index (χ4v) is 2.35. The first-order valence-corrected chi connectivity index (χ1v) is 6.97. The third-order valence-corrected chi connectivity index (χ3v) is 3.89. The molecule has 0 aromatic heterocycles. The van der Waals surface area contributed by atoms with Crippen molar-refractivity contribution in [1.82, 2.24) is 4.31 Å². The number of nitrogens with two attached hydrogens (primary N) is 1. The molecular weight excluding hydrogens is 262 g/mol. The zero-order chi connectivity index (χ0) is 12.9. The Morgan fingerprint density at radius 1 is 1.47 bits per heavy atom. The van der Waals surface area contributed by atoms with Gasteiger partial charge in [-0.3, -0.25) is 4.72 Å². The van der Waals surface area contributed by atoms with Gasteiger partial charge in [-0.05, 0) is 31.2 Å². The molecule has 0 spiro atoms. The smallest absolute Gasteiger partial charge is 0.301 e. The number of hydrogen-bond donors (Lipinski definition) is 2. The van der Waals surface area contributed by atoms with Crippen LogP contribution < -0.4 is 10.5 Å². The molecule has 0 aliphatic carbocycles. The molecule has 0 atom stereocenters. The highest BCUT2D eigenvalue weighted by molar-refractivity contribution is 7.90. The van der Waals surface area contributed by atoms with E-state index >= 15 is 0 Å². The number of anilines is 1. The molecular formula is C10H16ClN3O2S. The first-order chi connectivity index (χ1) is 7.95. The van der Waals surface area contributed by atoms with E-state index in [0.29, 0.717) is 30.2 Å². The molecule has 7 heteroatoms. The molecule has 1 aromatic rings. The Kier molecular flexibility index (Phi) is 5.20. The molecule has 5 nitrogen and oxygen atoms in total. The summed E-state index contributed by atoms with van der Waals surface area (Å²) in [5.41, 5.74) is 5.77. The number of nitrogens with one attached hydrogen (secondary N) is 1. The molecule has 0 fully saturated rings. The quantitative estimate of drug-likeness (QED) is 0.822. The van der Waals surface area contributed by atoms with E-state index in [4.69, 9.17) is 17.3 Å². The number of hydrogen-bond acceptors (Lipinski definition) is 3. The second-order valence-corrected chi connectivity index (χ2v) is 5.80. The van der Waals surface area contributed by atoms with Gasteiger partial charge in [0, 0.05) is 18.6 Å². The molecule has 0 radical (unpaired) electrons. The summed E-state index contributed by atoms with van der Waals surface area (Å²) in [4.78, 5) is 0. The molecule has 0 aliphatic heterocycles. The highest BCUT2D eigenvalue weighted by Crippen LogP contribution is 2.16. The molecule has 0 unspecified atom stereocenters. The van der Waals surface area contributed by atoms with Crippen LogP contribution in [0.4, 0.5) is 5.69 Å². The topological polar surface area (TPSA) is 75.4 Å². The van der Waals surface area contributed by atoms with Crippen molar-refractivity contribution in [2.75, 3.05) is 24.9 Å². The molecule has 0 bridgehead atoms. The van der Waals surface area contributed by atoms with E-state index in [-0.39, 0.29) is 0 Å². The monoisotopic (exact) mass is 277 g/mol. The molecule has 96 valence electrons. The highest BCUT2D eigenvalue weighted by atomic mass is 35.5. The predicted molar refractivity (Wildman–Crippen MR) is 70.3 cm³/mol. The average Bonchev–Trinajstić information content (AvgIpc) is 2.25. The molecule has 0 amide bonds. The fraction of sp³-hybridized carbons (Fsp3) is 0.400. The van der Waals surface area contributed by atoms with E-state index in [9.17, 15) is 8.42 Å². The molecule has 0 aliphatic rings. The van der Waals surface area contributed by atoms with E-state index in [1.54, 1.807) is 24.3 Å². The molecule has 0 heterocycles. The Bertz CT molecular complexity index is 464. The van der Waals surface area contributed by atoms with Crippen LogP contribution in [0.2, 0.25) is 5.02 Å². The summed E-state index contributed by atoms with van der Waals surface area (Å²) in [5.74, 6) is 0. The summed E-state index contributed by atoms with van der Waals surface area (Å²) in [6.07, 6.45) is 0.618. The molecule has 0 saturated carbocycles. The van der Waals surface area contributed by atoms with E-state index < -0.39 is 10.2 Å². The van der Waals surface area contributed by atoms with Crippen molar-refractivity contribution in [2.45, 2.75) is 6.42 Å². The molecule has 3 N–H and O–H groups in total. The van der Waals surface area contributed by atoms with Crippen LogP contribution in [0.25, 0.3) is 0 Å². The molecule has 1 aromatic carbocycles. The van der Waals surface area contributed by atoms with Gasteiger partial charge in [-0.15, -0.1) is 0 Å². The lowest BCUT2D eigenvalue weighted by atomic mass is 10.3. The summed E-state index contributed by atoms with van der Waals surface area (Å²) in [6, 6.07) is 6.55. The summed E-state index contributed by atoms with van der Waals surface area (Å²) in [7, 11) is -2.03. The van der Waals surface area contributed by atoms with Crippen molar-refractivity contribution in [2.24, 2.45) is 5.73 Å². The zero-order valence-corrected chi connectivity index (χ0v) is 11.1. The molecule has 17 heavy (non-hydrogen) atoms. The van der Waals surface area contributed by atoms with E-state index in [2.05, 4.69) is 4.72 Å². The zero-order valence-electron chi connectivity index (χ0n) is 9.56. The van der Waals surface area contributed by atoms with Gasteiger partial charge in [-0.2, -0.15) is 12.7 Å². The van der Waals surface area contributed by atoms with Crippen molar-refractivity contribution in [3.8, 4) is 0 Å². The van der Waals surface area contributed by atoms with Crippen molar-refractivity contribution >= 4 is 27.5 Å². The number of halogens is 1. The van der Waals surface area contributed by atoms with Crippen molar-refractivity contribution in [1.29, 1.82) is 0 Å². The first kappa shape index (κ1) is 14.2. The van der Waals surface area contributed by atoms with Crippen LogP contribution in [0.15, 0.2) is 24.3 Å². The van der Waals surface area contributed by atoms with Gasteiger partial charge in [0.25, 0.3) is 0 Å². The summed E-state index contributed by atoms with van der Waals surface area (Å²) >= 11 is 5.77. The van der Waals surface area contributed by atoms with Crippen LogP contribution in [-0.4, -0.2) is 32.9 Å². The van der Waals surface area contributed by atoms with E-state index in [1.807, 2.05) is 0 Å². The Morgan fingerprint density at radius 3 is 2.76 bits per heavy atom. The van der Waals surface area contributed by atoms with Gasteiger partial charge in [0.2, 0.25) is 0 Å². The minimum atomic E-state index is -3.53. The van der Waals surface area contributed by atoms with Gasteiger partial charge >= 0.3 is 10.2 Å². The van der Waals surface area contributed by atoms with Gasteiger partial charge in [-0.1, -0.05) is 17.7 Å². The normalized spacial score (nSPS) is 11.8. The maximum absolute atomic E-state index is 11.8. The molecule has 0 saturated heterocycles. The van der Waals surface area contributed by atoms with Crippen LogP contribution in [-0.2, 0) is 10.2 Å². The van der Waals surface area contributed by atoms with E-state index in [1.165, 1.54) is 11.4 Å². The SMILES string of the molecule is CN(CCCN)S(=O)(=O)Nc1cccc(Cl)c1. The van der Waals surface area contributed by atoms with Crippen molar-refractivity contribution < 1.29 is 8.42 Å². The van der Waals surface area contributed by atoms with Crippen LogP contribution in [0, 0.1) is 0 Å². The number of nitrogens with zero attached hydrogens (tertiary/aromatic N) is 1. The molecule has 1 rings (SSSR count). The Balaban J connectivity index is 2.72. The van der Waals surface area contributed by atoms with Crippen molar-refractivity contribution in [3.63, 3.8) is 0 Å². The Morgan fingerprint density at radius 2 is 2.18 bits per heavy atom. The third-order valence-electron chi connectivity index (χ3n) is 2.16. The average molecular weight is 278 g/mol. The van der Waals surface area contributed by atoms with Gasteiger partial charge < -0.3 is 5.73 Å². The summed E-state index contributed by atoms with van der Waals surface area (Å²) in [6.45, 7) is 0.837.